The van der Waals surface area contributed by atoms with Crippen molar-refractivity contribution in [3.8, 4) is 5.95 Å². The normalized spacial score (nSPS) is 20.8. The minimum atomic E-state index is -1.15. The van der Waals surface area contributed by atoms with E-state index in [9.17, 15) is 9.18 Å². The molecule has 0 fully saturated rings. The van der Waals surface area contributed by atoms with E-state index in [1.54, 1.807) is 10.9 Å². The van der Waals surface area contributed by atoms with E-state index in [4.69, 9.17) is 0 Å². The Morgan fingerprint density at radius 3 is 2.92 bits per heavy atom. The molecule has 1 aliphatic rings. The Labute approximate surface area is 139 Å². The van der Waals surface area contributed by atoms with Crippen LogP contribution in [0.4, 0.5) is 4.39 Å². The van der Waals surface area contributed by atoms with E-state index in [2.05, 4.69) is 15.2 Å². The SMILES string of the molecule is C/C=C\C=C(/CC)C1CC(F)c2nc(-n3cc(C(C)=O)cn3)nn21. The van der Waals surface area contributed by atoms with Gasteiger partial charge in [-0.25, -0.2) is 13.8 Å². The highest BCUT2D eigenvalue weighted by molar-refractivity contribution is 5.93. The van der Waals surface area contributed by atoms with Gasteiger partial charge in [-0.3, -0.25) is 4.79 Å². The fourth-order valence-electron chi connectivity index (χ4n) is 2.87. The Morgan fingerprint density at radius 1 is 1.50 bits per heavy atom. The van der Waals surface area contributed by atoms with E-state index < -0.39 is 6.17 Å². The van der Waals surface area contributed by atoms with Crippen molar-refractivity contribution in [1.82, 2.24) is 24.5 Å². The minimum absolute atomic E-state index is 0.0863. The van der Waals surface area contributed by atoms with E-state index in [0.29, 0.717) is 17.8 Å². The molecular formula is C17H20FN5O. The van der Waals surface area contributed by atoms with Gasteiger partial charge in [0.05, 0.1) is 17.8 Å². The second-order valence-electron chi connectivity index (χ2n) is 5.78. The van der Waals surface area contributed by atoms with Crippen LogP contribution < -0.4 is 0 Å². The van der Waals surface area contributed by atoms with E-state index >= 15 is 0 Å². The third kappa shape index (κ3) is 2.81. The third-order valence-corrected chi connectivity index (χ3v) is 4.19. The van der Waals surface area contributed by atoms with Gasteiger partial charge in [0.15, 0.2) is 17.8 Å². The van der Waals surface area contributed by atoms with Crippen LogP contribution in [-0.2, 0) is 0 Å². The zero-order valence-electron chi connectivity index (χ0n) is 14.0. The number of carbonyl (C=O) groups is 1. The van der Waals surface area contributed by atoms with Gasteiger partial charge in [-0.15, -0.1) is 5.10 Å². The van der Waals surface area contributed by atoms with Gasteiger partial charge in [0.2, 0.25) is 0 Å². The molecule has 3 heterocycles. The summed E-state index contributed by atoms with van der Waals surface area (Å²) in [5, 5.41) is 8.53. The number of nitrogens with zero attached hydrogens (tertiary/aromatic N) is 5. The molecule has 2 aromatic heterocycles. The zero-order valence-corrected chi connectivity index (χ0v) is 14.0. The molecule has 0 saturated carbocycles. The van der Waals surface area contributed by atoms with Gasteiger partial charge in [0.25, 0.3) is 5.95 Å². The molecule has 0 radical (unpaired) electrons. The molecule has 0 spiro atoms. The molecule has 3 rings (SSSR count). The molecule has 0 amide bonds. The fourth-order valence-corrected chi connectivity index (χ4v) is 2.87. The maximum Gasteiger partial charge on any atom is 0.269 e. The Kier molecular flexibility index (Phi) is 4.42. The zero-order chi connectivity index (χ0) is 17.3. The first kappa shape index (κ1) is 16.3. The summed E-state index contributed by atoms with van der Waals surface area (Å²) < 4.78 is 17.5. The van der Waals surface area contributed by atoms with Crippen LogP contribution in [0.2, 0.25) is 0 Å². The largest absolute Gasteiger partial charge is 0.294 e. The number of allylic oxidation sites excluding steroid dienone is 4. The van der Waals surface area contributed by atoms with E-state index in [-0.39, 0.29) is 17.8 Å². The van der Waals surface area contributed by atoms with Crippen LogP contribution in [0.25, 0.3) is 5.95 Å². The molecule has 0 bridgehead atoms. The van der Waals surface area contributed by atoms with Crippen LogP contribution in [0.1, 0.15) is 62.0 Å². The average Bonchev–Trinajstić information content (AvgIpc) is 3.25. The van der Waals surface area contributed by atoms with Gasteiger partial charge in [-0.05, 0) is 25.8 Å². The molecule has 2 unspecified atom stereocenters. The summed E-state index contributed by atoms with van der Waals surface area (Å²) in [5.74, 6) is 0.512. The Bertz CT molecular complexity index is 817. The lowest BCUT2D eigenvalue weighted by atomic mass is 10.0. The average molecular weight is 329 g/mol. The highest BCUT2D eigenvalue weighted by atomic mass is 19.1. The lowest BCUT2D eigenvalue weighted by Crippen LogP contribution is -2.09. The molecular weight excluding hydrogens is 309 g/mol. The molecule has 7 heteroatoms. The number of aromatic nitrogens is 5. The molecule has 0 saturated heterocycles. The Hall–Kier alpha value is -2.57. The first-order valence-electron chi connectivity index (χ1n) is 8.03. The van der Waals surface area contributed by atoms with Crippen molar-refractivity contribution in [3.05, 3.63) is 47.6 Å². The van der Waals surface area contributed by atoms with Gasteiger partial charge < -0.3 is 0 Å². The summed E-state index contributed by atoms with van der Waals surface area (Å²) in [6.07, 6.45) is 8.94. The predicted molar refractivity (Wildman–Crippen MR) is 87.8 cm³/mol. The number of carbonyl (C=O) groups excluding carboxylic acids is 1. The van der Waals surface area contributed by atoms with Gasteiger partial charge >= 0.3 is 0 Å². The molecule has 6 nitrogen and oxygen atoms in total. The molecule has 0 N–H and O–H groups in total. The van der Waals surface area contributed by atoms with Gasteiger partial charge in [-0.2, -0.15) is 10.1 Å². The summed E-state index contributed by atoms with van der Waals surface area (Å²) in [6, 6.07) is -0.139. The predicted octanol–water partition coefficient (Wildman–Crippen LogP) is 3.53. The summed E-state index contributed by atoms with van der Waals surface area (Å²) in [5.41, 5.74) is 1.58. The van der Waals surface area contributed by atoms with Crippen molar-refractivity contribution >= 4 is 5.78 Å². The van der Waals surface area contributed by atoms with Crippen LogP contribution in [0.15, 0.2) is 36.2 Å². The van der Waals surface area contributed by atoms with Crippen LogP contribution in [0.5, 0.6) is 0 Å². The highest BCUT2D eigenvalue weighted by Gasteiger charge is 2.36. The molecule has 2 atom stereocenters. The van der Waals surface area contributed by atoms with Crippen molar-refractivity contribution < 1.29 is 9.18 Å². The van der Waals surface area contributed by atoms with Crippen LogP contribution >= 0.6 is 0 Å². The molecule has 0 aliphatic carbocycles. The van der Waals surface area contributed by atoms with Crippen molar-refractivity contribution in [2.75, 3.05) is 0 Å². The summed E-state index contributed by atoms with van der Waals surface area (Å²) in [6.45, 7) is 5.46. The number of hydrogen-bond acceptors (Lipinski definition) is 4. The Balaban J connectivity index is 1.97. The standard InChI is InChI=1S/C17H20FN5O/c1-4-6-7-12(5-2)15-8-14(18)16-20-17(21-23(15)16)22-10-13(9-19-22)11(3)24/h4,6-7,9-10,14-15H,5,8H2,1-3H3/b6-4-,12-7+. The molecule has 1 aliphatic heterocycles. The molecule has 126 valence electrons. The lowest BCUT2D eigenvalue weighted by molar-refractivity contribution is 0.101. The van der Waals surface area contributed by atoms with Crippen LogP contribution in [-0.4, -0.2) is 30.3 Å². The molecule has 0 aromatic carbocycles. The summed E-state index contributed by atoms with van der Waals surface area (Å²) in [7, 11) is 0. The number of ketones is 1. The third-order valence-electron chi connectivity index (χ3n) is 4.19. The maximum atomic E-state index is 14.4. The van der Waals surface area contributed by atoms with E-state index in [1.807, 2.05) is 32.1 Å². The number of Topliss-reactive ketones (excluding diaryl/α,β-unsaturated/α-hetero) is 1. The maximum absolute atomic E-state index is 14.4. The second-order valence-corrected chi connectivity index (χ2v) is 5.78. The van der Waals surface area contributed by atoms with Crippen LogP contribution in [0, 0.1) is 0 Å². The number of hydrogen-bond donors (Lipinski definition) is 0. The van der Waals surface area contributed by atoms with E-state index in [1.165, 1.54) is 17.8 Å². The number of rotatable bonds is 5. The first-order chi connectivity index (χ1) is 11.5. The minimum Gasteiger partial charge on any atom is -0.294 e. The quantitative estimate of drug-likeness (QED) is 0.622. The molecule has 2 aromatic rings. The summed E-state index contributed by atoms with van der Waals surface area (Å²) in [4.78, 5) is 15.7. The topological polar surface area (TPSA) is 65.6 Å². The van der Waals surface area contributed by atoms with Gasteiger partial charge in [0, 0.05) is 12.6 Å². The number of alkyl halides is 1. The van der Waals surface area contributed by atoms with Crippen molar-refractivity contribution in [1.29, 1.82) is 0 Å². The van der Waals surface area contributed by atoms with Crippen LogP contribution in [0.3, 0.4) is 0 Å². The van der Waals surface area contributed by atoms with Gasteiger partial charge in [-0.1, -0.05) is 25.2 Å². The second kappa shape index (κ2) is 6.51. The number of halogens is 1. The fraction of sp³-hybridized carbons (Fsp3) is 0.412. The van der Waals surface area contributed by atoms with Crippen molar-refractivity contribution in [2.45, 2.75) is 45.8 Å². The van der Waals surface area contributed by atoms with Gasteiger partial charge in [0.1, 0.15) is 0 Å². The number of fused-ring (bicyclic) bond motifs is 1. The summed E-state index contributed by atoms with van der Waals surface area (Å²) >= 11 is 0. The highest BCUT2D eigenvalue weighted by Crippen LogP contribution is 2.40. The smallest absolute Gasteiger partial charge is 0.269 e. The first-order valence-corrected chi connectivity index (χ1v) is 8.03. The van der Waals surface area contributed by atoms with Crippen molar-refractivity contribution in [2.24, 2.45) is 0 Å². The van der Waals surface area contributed by atoms with E-state index in [0.717, 1.165) is 12.0 Å². The van der Waals surface area contributed by atoms with Crippen molar-refractivity contribution in [3.63, 3.8) is 0 Å². The lowest BCUT2D eigenvalue weighted by Gasteiger charge is -2.14. The molecule has 24 heavy (non-hydrogen) atoms. The Morgan fingerprint density at radius 2 is 2.29 bits per heavy atom. The monoisotopic (exact) mass is 329 g/mol.